The molecule has 0 atom stereocenters. The van der Waals surface area contributed by atoms with Gasteiger partial charge in [-0.05, 0) is 13.8 Å². The Hall–Kier alpha value is -2.09. The van der Waals surface area contributed by atoms with E-state index in [9.17, 15) is 4.79 Å². The number of rotatable bonds is 5. The summed E-state index contributed by atoms with van der Waals surface area (Å²) in [5.74, 6) is -0.253. The van der Waals surface area contributed by atoms with Gasteiger partial charge in [-0.1, -0.05) is 11.3 Å². The largest absolute Gasteiger partial charge is 0.347 e. The van der Waals surface area contributed by atoms with Gasteiger partial charge in [-0.25, -0.2) is 4.68 Å². The second-order valence-electron chi connectivity index (χ2n) is 3.98. The van der Waals surface area contributed by atoms with Gasteiger partial charge in [-0.2, -0.15) is 8.75 Å². The highest BCUT2D eigenvalue weighted by Crippen LogP contribution is 2.09. The normalized spacial score (nSPS) is 10.4. The van der Waals surface area contributed by atoms with Gasteiger partial charge in [-0.15, -0.1) is 11.7 Å². The molecule has 0 spiro atoms. The van der Waals surface area contributed by atoms with Crippen molar-refractivity contribution in [1.29, 1.82) is 0 Å². The molecule has 2 rings (SSSR count). The molecule has 19 heavy (non-hydrogen) atoms. The average Bonchev–Trinajstić information content (AvgIpc) is 2.95. The number of hydrogen-bond donors (Lipinski definition) is 1. The van der Waals surface area contributed by atoms with Gasteiger partial charge in [0.1, 0.15) is 0 Å². The van der Waals surface area contributed by atoms with Gasteiger partial charge in [0.05, 0.1) is 35.4 Å². The van der Waals surface area contributed by atoms with Crippen molar-refractivity contribution >= 4 is 17.6 Å². The number of aromatic nitrogens is 5. The predicted molar refractivity (Wildman–Crippen MR) is 71.0 cm³/mol. The Labute approximate surface area is 114 Å². The lowest BCUT2D eigenvalue weighted by molar-refractivity contribution is 0.0952. The van der Waals surface area contributed by atoms with Crippen molar-refractivity contribution in [2.45, 2.75) is 20.4 Å². The molecule has 1 amide bonds. The maximum Gasteiger partial charge on any atom is 0.273 e. The number of hydrogen-bond acceptors (Lipinski definition) is 6. The van der Waals surface area contributed by atoms with E-state index >= 15 is 0 Å². The molecule has 2 aromatic rings. The van der Waals surface area contributed by atoms with E-state index in [4.69, 9.17) is 0 Å². The zero-order chi connectivity index (χ0) is 13.8. The van der Waals surface area contributed by atoms with Crippen LogP contribution in [-0.2, 0) is 6.54 Å². The summed E-state index contributed by atoms with van der Waals surface area (Å²) >= 11 is 1.16. The van der Waals surface area contributed by atoms with Crippen molar-refractivity contribution in [3.63, 3.8) is 0 Å². The third kappa shape index (κ3) is 2.84. The minimum Gasteiger partial charge on any atom is -0.347 e. The smallest absolute Gasteiger partial charge is 0.273 e. The van der Waals surface area contributed by atoms with Crippen molar-refractivity contribution in [2.24, 2.45) is 0 Å². The van der Waals surface area contributed by atoms with Gasteiger partial charge in [0.15, 0.2) is 5.69 Å². The van der Waals surface area contributed by atoms with Crippen LogP contribution >= 0.6 is 11.7 Å². The predicted octanol–water partition coefficient (Wildman–Crippen LogP) is 0.711. The molecule has 0 aliphatic heterocycles. The molecular weight excluding hydrogens is 264 g/mol. The zero-order valence-corrected chi connectivity index (χ0v) is 11.6. The van der Waals surface area contributed by atoms with Gasteiger partial charge in [0.25, 0.3) is 5.91 Å². The Balaban J connectivity index is 2.16. The van der Waals surface area contributed by atoms with Crippen LogP contribution < -0.4 is 5.32 Å². The molecule has 0 bridgehead atoms. The summed E-state index contributed by atoms with van der Waals surface area (Å²) < 4.78 is 9.93. The monoisotopic (exact) mass is 278 g/mol. The van der Waals surface area contributed by atoms with Crippen molar-refractivity contribution in [1.82, 2.24) is 29.1 Å². The topological polar surface area (TPSA) is 85.6 Å². The Bertz CT molecular complexity index is 602. The second kappa shape index (κ2) is 5.70. The summed E-state index contributed by atoms with van der Waals surface area (Å²) in [7, 11) is 0. The molecule has 0 aromatic carbocycles. The molecule has 0 radical (unpaired) electrons. The average molecular weight is 278 g/mol. The summed E-state index contributed by atoms with van der Waals surface area (Å²) in [6.07, 6.45) is 1.61. The quantitative estimate of drug-likeness (QED) is 0.814. The highest BCUT2D eigenvalue weighted by molar-refractivity contribution is 6.99. The number of carbonyl (C=O) groups excluding carboxylic acids is 1. The molecule has 100 valence electrons. The molecule has 2 aromatic heterocycles. The van der Waals surface area contributed by atoms with E-state index in [0.29, 0.717) is 24.5 Å². The van der Waals surface area contributed by atoms with Crippen LogP contribution in [0.15, 0.2) is 12.7 Å². The van der Waals surface area contributed by atoms with Crippen molar-refractivity contribution < 1.29 is 4.79 Å². The highest BCUT2D eigenvalue weighted by Gasteiger charge is 2.17. The molecule has 7 nitrogen and oxygen atoms in total. The van der Waals surface area contributed by atoms with E-state index in [1.807, 2.05) is 6.92 Å². The van der Waals surface area contributed by atoms with Crippen LogP contribution in [0.2, 0.25) is 0 Å². The molecule has 0 aliphatic rings. The molecule has 0 aliphatic carbocycles. The Kier molecular flexibility index (Phi) is 4.00. The Morgan fingerprint density at radius 2 is 2.26 bits per heavy atom. The summed E-state index contributed by atoms with van der Waals surface area (Å²) in [5, 5.41) is 10.6. The summed E-state index contributed by atoms with van der Waals surface area (Å²) in [4.78, 5) is 11.8. The first kappa shape index (κ1) is 13.3. The van der Waals surface area contributed by atoms with Crippen LogP contribution in [0.5, 0.6) is 0 Å². The number of aryl methyl sites for hydroxylation is 1. The first-order valence-electron chi connectivity index (χ1n) is 5.70. The summed E-state index contributed by atoms with van der Waals surface area (Å²) in [6.45, 7) is 8.11. The summed E-state index contributed by atoms with van der Waals surface area (Å²) in [6, 6.07) is 0. The first-order valence-corrected chi connectivity index (χ1v) is 6.43. The summed E-state index contributed by atoms with van der Waals surface area (Å²) in [5.41, 5.74) is 2.74. The second-order valence-corrected chi connectivity index (χ2v) is 4.50. The Morgan fingerprint density at radius 3 is 2.89 bits per heavy atom. The van der Waals surface area contributed by atoms with Crippen LogP contribution in [0.1, 0.15) is 27.6 Å². The lowest BCUT2D eigenvalue weighted by Crippen LogP contribution is -2.24. The van der Waals surface area contributed by atoms with Crippen molar-refractivity contribution in [3.8, 4) is 0 Å². The van der Waals surface area contributed by atoms with E-state index in [2.05, 4.69) is 31.0 Å². The number of carbonyl (C=O) groups is 1. The van der Waals surface area contributed by atoms with Crippen LogP contribution in [0.25, 0.3) is 0 Å². The minimum atomic E-state index is -0.253. The lowest BCUT2D eigenvalue weighted by atomic mass is 10.3. The van der Waals surface area contributed by atoms with Gasteiger partial charge in [-0.3, -0.25) is 4.79 Å². The van der Waals surface area contributed by atoms with Gasteiger partial charge in [0, 0.05) is 6.54 Å². The van der Waals surface area contributed by atoms with Gasteiger partial charge >= 0.3 is 0 Å². The van der Waals surface area contributed by atoms with E-state index in [1.54, 1.807) is 17.7 Å². The van der Waals surface area contributed by atoms with Crippen LogP contribution in [0, 0.1) is 13.8 Å². The molecular formula is C11H14N6OS. The van der Waals surface area contributed by atoms with E-state index in [-0.39, 0.29) is 5.91 Å². The third-order valence-corrected chi connectivity index (χ3v) is 3.31. The number of nitrogens with zero attached hydrogens (tertiary/aromatic N) is 5. The third-order valence-electron chi connectivity index (χ3n) is 2.65. The molecule has 0 fully saturated rings. The van der Waals surface area contributed by atoms with E-state index in [1.165, 1.54) is 0 Å². The van der Waals surface area contributed by atoms with E-state index < -0.39 is 0 Å². The zero-order valence-electron chi connectivity index (χ0n) is 10.8. The maximum atomic E-state index is 11.8. The number of amides is 1. The van der Waals surface area contributed by atoms with Crippen LogP contribution in [-0.4, -0.2) is 36.2 Å². The molecule has 0 saturated heterocycles. The van der Waals surface area contributed by atoms with Crippen molar-refractivity contribution in [3.05, 3.63) is 35.4 Å². The molecule has 0 saturated carbocycles. The lowest BCUT2D eigenvalue weighted by Gasteiger charge is -2.02. The minimum absolute atomic E-state index is 0.253. The maximum absolute atomic E-state index is 11.8. The Morgan fingerprint density at radius 1 is 1.47 bits per heavy atom. The highest BCUT2D eigenvalue weighted by atomic mass is 32.1. The van der Waals surface area contributed by atoms with Crippen LogP contribution in [0.3, 0.4) is 0 Å². The first-order chi connectivity index (χ1) is 9.13. The van der Waals surface area contributed by atoms with Crippen molar-refractivity contribution in [2.75, 3.05) is 6.54 Å². The molecule has 1 N–H and O–H groups in total. The molecule has 0 unspecified atom stereocenters. The molecule has 8 heteroatoms. The number of nitrogens with one attached hydrogen (secondary N) is 1. The standard InChI is InChI=1S/C11H14N6OS/c1-4-5-12-11(18)10-8(3)17(16-13-10)6-9-7(2)14-19-15-9/h4H,1,5-6H2,2-3H3,(H,12,18). The fraction of sp³-hybridized carbons (Fsp3) is 0.364. The SMILES string of the molecule is C=CCNC(=O)c1nnn(Cc2nsnc2C)c1C. The van der Waals surface area contributed by atoms with Crippen LogP contribution in [0.4, 0.5) is 0 Å². The molecule has 2 heterocycles. The van der Waals surface area contributed by atoms with Gasteiger partial charge < -0.3 is 5.32 Å². The van der Waals surface area contributed by atoms with E-state index in [0.717, 1.165) is 23.1 Å². The fourth-order valence-electron chi connectivity index (χ4n) is 1.50. The fourth-order valence-corrected chi connectivity index (χ4v) is 2.06. The van der Waals surface area contributed by atoms with Gasteiger partial charge in [0.2, 0.25) is 0 Å².